The first-order valence-electron chi connectivity index (χ1n) is 2.99. The first kappa shape index (κ1) is 7.44. The highest BCUT2D eigenvalue weighted by Crippen LogP contribution is 2.15. The van der Waals surface area contributed by atoms with E-state index in [2.05, 4.69) is 0 Å². The molecule has 10 heavy (non-hydrogen) atoms. The summed E-state index contributed by atoms with van der Waals surface area (Å²) >= 11 is 1.48. The van der Waals surface area contributed by atoms with E-state index in [4.69, 9.17) is 5.11 Å². The molecule has 0 fully saturated rings. The van der Waals surface area contributed by atoms with Crippen LogP contribution in [0.5, 0.6) is 0 Å². The van der Waals surface area contributed by atoms with Crippen molar-refractivity contribution in [1.82, 2.24) is 0 Å². The molecule has 0 saturated heterocycles. The molecule has 1 aromatic rings. The van der Waals surface area contributed by atoms with Gasteiger partial charge < -0.3 is 9.90 Å². The number of rotatable bonds is 3. The van der Waals surface area contributed by atoms with Crippen LogP contribution in [0.25, 0.3) is 0 Å². The van der Waals surface area contributed by atoms with Crippen LogP contribution < -0.4 is 0 Å². The van der Waals surface area contributed by atoms with Crippen LogP contribution in [0.4, 0.5) is 0 Å². The lowest BCUT2D eigenvalue weighted by Gasteiger charge is -1.83. The number of carbonyl (C=O) groups excluding carboxylic acids is 1. The molecule has 0 aliphatic rings. The molecule has 1 rings (SSSR count). The van der Waals surface area contributed by atoms with Crippen molar-refractivity contribution in [2.45, 2.75) is 13.0 Å². The molecule has 0 aliphatic carbocycles. The molecule has 1 N–H and O–H groups in total. The SMILES string of the molecule is O=CCc1ccc(CO)s1. The number of aliphatic hydroxyl groups excluding tert-OH is 1. The molecule has 0 bridgehead atoms. The van der Waals surface area contributed by atoms with Crippen LogP contribution in [0.15, 0.2) is 12.1 Å². The van der Waals surface area contributed by atoms with Gasteiger partial charge in [-0.2, -0.15) is 0 Å². The van der Waals surface area contributed by atoms with Crippen molar-refractivity contribution < 1.29 is 9.90 Å². The summed E-state index contributed by atoms with van der Waals surface area (Å²) in [6.45, 7) is 0.0729. The van der Waals surface area contributed by atoms with E-state index in [1.807, 2.05) is 12.1 Å². The molecule has 0 atom stereocenters. The summed E-state index contributed by atoms with van der Waals surface area (Å²) in [5.41, 5.74) is 0. The van der Waals surface area contributed by atoms with Crippen LogP contribution in [0, 0.1) is 0 Å². The smallest absolute Gasteiger partial charge is 0.125 e. The third-order valence-electron chi connectivity index (χ3n) is 1.16. The fourth-order valence-electron chi connectivity index (χ4n) is 0.699. The quantitative estimate of drug-likeness (QED) is 0.662. The van der Waals surface area contributed by atoms with Gasteiger partial charge in [0.15, 0.2) is 0 Å². The largest absolute Gasteiger partial charge is 0.391 e. The van der Waals surface area contributed by atoms with E-state index >= 15 is 0 Å². The number of hydrogen-bond acceptors (Lipinski definition) is 3. The van der Waals surface area contributed by atoms with E-state index in [0.717, 1.165) is 16.0 Å². The van der Waals surface area contributed by atoms with Crippen molar-refractivity contribution in [3.8, 4) is 0 Å². The van der Waals surface area contributed by atoms with Gasteiger partial charge in [0.1, 0.15) is 6.29 Å². The molecule has 0 amide bonds. The van der Waals surface area contributed by atoms with Crippen molar-refractivity contribution in [3.63, 3.8) is 0 Å². The van der Waals surface area contributed by atoms with Crippen LogP contribution in [0.3, 0.4) is 0 Å². The number of aldehydes is 1. The molecule has 0 unspecified atom stereocenters. The van der Waals surface area contributed by atoms with Crippen LogP contribution in [0.2, 0.25) is 0 Å². The Morgan fingerprint density at radius 2 is 2.20 bits per heavy atom. The maximum absolute atomic E-state index is 10.0. The Morgan fingerprint density at radius 1 is 1.50 bits per heavy atom. The molecule has 0 spiro atoms. The second kappa shape index (κ2) is 3.49. The first-order valence-corrected chi connectivity index (χ1v) is 3.80. The van der Waals surface area contributed by atoms with Gasteiger partial charge in [-0.1, -0.05) is 0 Å². The molecule has 1 aromatic heterocycles. The van der Waals surface area contributed by atoms with Gasteiger partial charge in [-0.05, 0) is 12.1 Å². The van der Waals surface area contributed by atoms with E-state index < -0.39 is 0 Å². The summed E-state index contributed by atoms with van der Waals surface area (Å²) in [7, 11) is 0. The lowest BCUT2D eigenvalue weighted by Crippen LogP contribution is -1.76. The minimum absolute atomic E-state index is 0.0729. The molecule has 54 valence electrons. The molecule has 0 aromatic carbocycles. The third kappa shape index (κ3) is 1.65. The Labute approximate surface area is 63.1 Å². The molecule has 0 radical (unpaired) electrons. The van der Waals surface area contributed by atoms with Crippen molar-refractivity contribution in [1.29, 1.82) is 0 Å². The van der Waals surface area contributed by atoms with E-state index in [0.29, 0.717) is 6.42 Å². The van der Waals surface area contributed by atoms with Gasteiger partial charge in [0, 0.05) is 16.2 Å². The molecule has 2 nitrogen and oxygen atoms in total. The monoisotopic (exact) mass is 156 g/mol. The summed E-state index contributed by atoms with van der Waals surface area (Å²) in [6.07, 6.45) is 1.33. The summed E-state index contributed by atoms with van der Waals surface area (Å²) in [4.78, 5) is 11.9. The zero-order valence-electron chi connectivity index (χ0n) is 5.41. The number of carbonyl (C=O) groups is 1. The van der Waals surface area contributed by atoms with Crippen molar-refractivity contribution in [2.24, 2.45) is 0 Å². The molecule has 0 saturated carbocycles. The standard InChI is InChI=1S/C7H8O2S/c8-4-3-6-1-2-7(5-9)10-6/h1-2,4,9H,3,5H2. The average molecular weight is 156 g/mol. The van der Waals surface area contributed by atoms with E-state index in [-0.39, 0.29) is 6.61 Å². The number of aliphatic hydroxyl groups is 1. The highest BCUT2D eigenvalue weighted by Gasteiger charge is 1.96. The van der Waals surface area contributed by atoms with E-state index in [1.165, 1.54) is 11.3 Å². The Hall–Kier alpha value is -0.670. The number of thiophene rings is 1. The second-order valence-corrected chi connectivity index (χ2v) is 3.15. The molecular weight excluding hydrogens is 148 g/mol. The predicted molar refractivity (Wildman–Crippen MR) is 40.0 cm³/mol. The van der Waals surface area contributed by atoms with Crippen LogP contribution in [-0.4, -0.2) is 11.4 Å². The first-order chi connectivity index (χ1) is 4.86. The van der Waals surface area contributed by atoms with Crippen LogP contribution in [-0.2, 0) is 17.8 Å². The Bertz CT molecular complexity index is 217. The second-order valence-electron chi connectivity index (χ2n) is 1.90. The van der Waals surface area contributed by atoms with Crippen LogP contribution in [0.1, 0.15) is 9.75 Å². The predicted octanol–water partition coefficient (Wildman–Crippen LogP) is 0.982. The van der Waals surface area contributed by atoms with Crippen molar-refractivity contribution >= 4 is 17.6 Å². The maximum Gasteiger partial charge on any atom is 0.125 e. The van der Waals surface area contributed by atoms with Gasteiger partial charge in [-0.25, -0.2) is 0 Å². The van der Waals surface area contributed by atoms with Gasteiger partial charge >= 0.3 is 0 Å². The Kier molecular flexibility index (Phi) is 2.59. The summed E-state index contributed by atoms with van der Waals surface area (Å²) in [5, 5.41) is 8.64. The minimum atomic E-state index is 0.0729. The van der Waals surface area contributed by atoms with E-state index in [1.54, 1.807) is 0 Å². The van der Waals surface area contributed by atoms with E-state index in [9.17, 15) is 4.79 Å². The average Bonchev–Trinajstić information content (AvgIpc) is 2.37. The highest BCUT2D eigenvalue weighted by atomic mass is 32.1. The molecule has 0 aliphatic heterocycles. The summed E-state index contributed by atoms with van der Waals surface area (Å²) < 4.78 is 0. The zero-order chi connectivity index (χ0) is 7.40. The van der Waals surface area contributed by atoms with Crippen molar-refractivity contribution in [3.05, 3.63) is 21.9 Å². The summed E-state index contributed by atoms with van der Waals surface area (Å²) in [5.74, 6) is 0. The van der Waals surface area contributed by atoms with Crippen molar-refractivity contribution in [2.75, 3.05) is 0 Å². The van der Waals surface area contributed by atoms with Gasteiger partial charge in [-0.3, -0.25) is 0 Å². The van der Waals surface area contributed by atoms with Gasteiger partial charge in [0.25, 0.3) is 0 Å². The normalized spacial score (nSPS) is 9.70. The lowest BCUT2D eigenvalue weighted by molar-refractivity contribution is -0.107. The topological polar surface area (TPSA) is 37.3 Å². The summed E-state index contributed by atoms with van der Waals surface area (Å²) in [6, 6.07) is 3.70. The zero-order valence-corrected chi connectivity index (χ0v) is 6.23. The third-order valence-corrected chi connectivity index (χ3v) is 2.25. The van der Waals surface area contributed by atoms with Gasteiger partial charge in [-0.15, -0.1) is 11.3 Å². The fourth-order valence-corrected chi connectivity index (χ4v) is 1.52. The number of hydrogen-bond donors (Lipinski definition) is 1. The Morgan fingerprint density at radius 3 is 2.70 bits per heavy atom. The Balaban J connectivity index is 2.67. The lowest BCUT2D eigenvalue weighted by atomic mass is 10.4. The fraction of sp³-hybridized carbons (Fsp3) is 0.286. The highest BCUT2D eigenvalue weighted by molar-refractivity contribution is 7.12. The minimum Gasteiger partial charge on any atom is -0.391 e. The molecule has 1 heterocycles. The molecule has 3 heteroatoms. The van der Waals surface area contributed by atoms with Gasteiger partial charge in [0.2, 0.25) is 0 Å². The van der Waals surface area contributed by atoms with Crippen LogP contribution >= 0.6 is 11.3 Å². The van der Waals surface area contributed by atoms with Gasteiger partial charge in [0.05, 0.1) is 6.61 Å². The molecular formula is C7H8O2S. The maximum atomic E-state index is 10.0.